The van der Waals surface area contributed by atoms with E-state index in [1.54, 1.807) is 6.07 Å². The van der Waals surface area contributed by atoms with Crippen molar-refractivity contribution < 1.29 is 18.0 Å². The molecule has 3 nitrogen and oxygen atoms in total. The van der Waals surface area contributed by atoms with Gasteiger partial charge in [-0.2, -0.15) is 13.2 Å². The van der Waals surface area contributed by atoms with Gasteiger partial charge in [-0.1, -0.05) is 23.5 Å². The van der Waals surface area contributed by atoms with Crippen LogP contribution in [0.1, 0.15) is 16.7 Å². The quantitative estimate of drug-likeness (QED) is 0.579. The number of aromatic nitrogens is 1. The summed E-state index contributed by atoms with van der Waals surface area (Å²) < 4.78 is 39.2. The van der Waals surface area contributed by atoms with E-state index in [0.717, 1.165) is 45.2 Å². The number of thioether (sulfide) groups is 1. The van der Waals surface area contributed by atoms with Crippen molar-refractivity contribution in [1.29, 1.82) is 0 Å². The first-order valence-corrected chi connectivity index (χ1v) is 9.50. The predicted molar refractivity (Wildman–Crippen MR) is 99.9 cm³/mol. The summed E-state index contributed by atoms with van der Waals surface area (Å²) in [6.07, 6.45) is -4.39. The fraction of sp³-hybridized carbons (Fsp3) is 0.222. The van der Waals surface area contributed by atoms with Gasteiger partial charge < -0.3 is 5.32 Å². The molecule has 0 radical (unpaired) electrons. The Morgan fingerprint density at radius 2 is 2.00 bits per heavy atom. The molecule has 26 heavy (non-hydrogen) atoms. The minimum Gasteiger partial charge on any atom is -0.301 e. The van der Waals surface area contributed by atoms with Gasteiger partial charge >= 0.3 is 6.18 Å². The molecule has 0 fully saturated rings. The van der Waals surface area contributed by atoms with Crippen LogP contribution in [0.5, 0.6) is 0 Å². The zero-order valence-corrected chi connectivity index (χ0v) is 15.6. The Morgan fingerprint density at radius 3 is 2.73 bits per heavy atom. The van der Waals surface area contributed by atoms with Gasteiger partial charge in [0.05, 0.1) is 21.5 Å². The van der Waals surface area contributed by atoms with Crippen LogP contribution in [-0.2, 0) is 11.0 Å². The minimum atomic E-state index is -4.39. The third-order valence-corrected chi connectivity index (χ3v) is 5.52. The molecule has 0 aliphatic carbocycles. The van der Waals surface area contributed by atoms with Crippen molar-refractivity contribution >= 4 is 44.4 Å². The highest BCUT2D eigenvalue weighted by molar-refractivity contribution is 8.00. The van der Waals surface area contributed by atoms with Crippen LogP contribution >= 0.6 is 23.1 Å². The Bertz CT molecular complexity index is 967. The van der Waals surface area contributed by atoms with Gasteiger partial charge in [0.2, 0.25) is 5.91 Å². The van der Waals surface area contributed by atoms with Crippen molar-refractivity contribution in [3.8, 4) is 0 Å². The van der Waals surface area contributed by atoms with E-state index in [1.807, 2.05) is 26.0 Å². The largest absolute Gasteiger partial charge is 0.416 e. The molecule has 1 heterocycles. The molecule has 1 aromatic heterocycles. The van der Waals surface area contributed by atoms with Crippen LogP contribution in [-0.4, -0.2) is 16.6 Å². The predicted octanol–water partition coefficient (Wildman–Crippen LogP) is 5.66. The second kappa shape index (κ2) is 7.28. The normalized spacial score (nSPS) is 11.7. The molecule has 3 rings (SSSR count). The number of benzene rings is 2. The number of amides is 1. The van der Waals surface area contributed by atoms with Crippen molar-refractivity contribution in [2.45, 2.75) is 24.9 Å². The van der Waals surface area contributed by atoms with Gasteiger partial charge in [0.15, 0.2) is 5.13 Å². The Morgan fingerprint density at radius 1 is 1.23 bits per heavy atom. The number of hydrogen-bond donors (Lipinski definition) is 1. The number of alkyl halides is 3. The Kier molecular flexibility index (Phi) is 5.24. The summed E-state index contributed by atoms with van der Waals surface area (Å²) in [7, 11) is 0. The van der Waals surface area contributed by atoms with Crippen molar-refractivity contribution in [3.63, 3.8) is 0 Å². The van der Waals surface area contributed by atoms with E-state index in [2.05, 4.69) is 10.3 Å². The second-order valence-electron chi connectivity index (χ2n) is 5.81. The summed E-state index contributed by atoms with van der Waals surface area (Å²) in [5, 5.41) is 3.21. The van der Waals surface area contributed by atoms with Crippen molar-refractivity contribution in [2.24, 2.45) is 0 Å². The summed E-state index contributed by atoms with van der Waals surface area (Å²) in [6, 6.07) is 8.97. The second-order valence-corrected chi connectivity index (χ2v) is 7.89. The average molecular weight is 396 g/mol. The molecular formula is C18H15F3N2OS2. The van der Waals surface area contributed by atoms with Gasteiger partial charge in [0.1, 0.15) is 0 Å². The molecular weight excluding hydrogens is 381 g/mol. The van der Waals surface area contributed by atoms with E-state index >= 15 is 0 Å². The molecule has 0 bridgehead atoms. The smallest absolute Gasteiger partial charge is 0.301 e. The van der Waals surface area contributed by atoms with E-state index < -0.39 is 11.7 Å². The molecule has 136 valence electrons. The zero-order chi connectivity index (χ0) is 18.9. The summed E-state index contributed by atoms with van der Waals surface area (Å²) in [5.74, 6) is -0.296. The lowest BCUT2D eigenvalue weighted by molar-refractivity contribution is -0.137. The topological polar surface area (TPSA) is 42.0 Å². The van der Waals surface area contributed by atoms with Gasteiger partial charge in [-0.15, -0.1) is 11.8 Å². The fourth-order valence-corrected chi connectivity index (χ4v) is 4.30. The highest BCUT2D eigenvalue weighted by Crippen LogP contribution is 2.32. The summed E-state index contributed by atoms with van der Waals surface area (Å²) in [4.78, 5) is 16.9. The number of rotatable bonds is 4. The van der Waals surface area contributed by atoms with E-state index in [1.165, 1.54) is 17.4 Å². The lowest BCUT2D eigenvalue weighted by Crippen LogP contribution is -2.13. The first kappa shape index (κ1) is 18.7. The molecule has 0 saturated carbocycles. The number of carbonyl (C=O) groups excluding carboxylic acids is 1. The van der Waals surface area contributed by atoms with Crippen LogP contribution in [0.3, 0.4) is 0 Å². The Labute approximate surface area is 156 Å². The van der Waals surface area contributed by atoms with E-state index in [0.29, 0.717) is 10.0 Å². The third-order valence-electron chi connectivity index (χ3n) is 3.61. The maximum atomic E-state index is 12.7. The maximum Gasteiger partial charge on any atom is 0.416 e. The summed E-state index contributed by atoms with van der Waals surface area (Å²) in [6.45, 7) is 3.96. The molecule has 3 aromatic rings. The van der Waals surface area contributed by atoms with Crippen LogP contribution in [0.15, 0.2) is 41.3 Å². The van der Waals surface area contributed by atoms with Crippen LogP contribution in [0.4, 0.5) is 18.3 Å². The molecule has 0 saturated heterocycles. The summed E-state index contributed by atoms with van der Waals surface area (Å²) >= 11 is 2.44. The van der Waals surface area contributed by atoms with Gasteiger partial charge in [0, 0.05) is 4.90 Å². The molecule has 0 atom stereocenters. The Hall–Kier alpha value is -2.06. The van der Waals surface area contributed by atoms with Gasteiger partial charge in [-0.3, -0.25) is 4.79 Å². The van der Waals surface area contributed by atoms with Crippen LogP contribution < -0.4 is 5.32 Å². The first-order valence-electron chi connectivity index (χ1n) is 7.70. The molecule has 1 amide bonds. The van der Waals surface area contributed by atoms with E-state index in [9.17, 15) is 18.0 Å². The molecule has 0 unspecified atom stereocenters. The number of halogens is 3. The van der Waals surface area contributed by atoms with Crippen molar-refractivity contribution in [2.75, 3.05) is 11.1 Å². The zero-order valence-electron chi connectivity index (χ0n) is 14.0. The number of anilines is 1. The third kappa shape index (κ3) is 4.37. The number of thiazole rings is 1. The fourth-order valence-electron chi connectivity index (χ4n) is 2.49. The van der Waals surface area contributed by atoms with Gasteiger partial charge in [-0.25, -0.2) is 4.98 Å². The first-order chi connectivity index (χ1) is 12.2. The Balaban J connectivity index is 1.65. The molecule has 2 aromatic carbocycles. The lowest BCUT2D eigenvalue weighted by Gasteiger charge is -2.08. The molecule has 0 aliphatic rings. The van der Waals surface area contributed by atoms with Crippen LogP contribution in [0.25, 0.3) is 10.2 Å². The highest BCUT2D eigenvalue weighted by atomic mass is 32.2. The maximum absolute atomic E-state index is 12.7. The number of carbonyl (C=O) groups is 1. The number of fused-ring (bicyclic) bond motifs is 1. The molecule has 8 heteroatoms. The number of aryl methyl sites for hydroxylation is 2. The lowest BCUT2D eigenvalue weighted by atomic mass is 10.1. The molecule has 1 N–H and O–H groups in total. The van der Waals surface area contributed by atoms with Gasteiger partial charge in [-0.05, 0) is 49.2 Å². The number of nitrogens with zero attached hydrogens (tertiary/aromatic N) is 1. The standard InChI is InChI=1S/C18H15F3N2OS2/c1-10-6-11(2)16-14(7-10)26-17(23-16)22-15(24)9-25-13-5-3-4-12(8-13)18(19,20)21/h3-8H,9H2,1-2H3,(H,22,23,24). The van der Waals surface area contributed by atoms with E-state index in [-0.39, 0.29) is 11.7 Å². The monoisotopic (exact) mass is 396 g/mol. The van der Waals surface area contributed by atoms with Crippen LogP contribution in [0.2, 0.25) is 0 Å². The van der Waals surface area contributed by atoms with Gasteiger partial charge in [0.25, 0.3) is 0 Å². The van der Waals surface area contributed by atoms with Crippen molar-refractivity contribution in [3.05, 3.63) is 53.1 Å². The van der Waals surface area contributed by atoms with Crippen LogP contribution in [0, 0.1) is 13.8 Å². The molecule has 0 aliphatic heterocycles. The molecule has 0 spiro atoms. The van der Waals surface area contributed by atoms with Crippen molar-refractivity contribution in [1.82, 2.24) is 4.98 Å². The minimum absolute atomic E-state index is 0.00917. The van der Waals surface area contributed by atoms with E-state index in [4.69, 9.17) is 0 Å². The number of hydrogen-bond acceptors (Lipinski definition) is 4. The summed E-state index contributed by atoms with van der Waals surface area (Å²) in [5.41, 5.74) is 2.29. The SMILES string of the molecule is Cc1cc(C)c2nc(NC(=O)CSc3cccc(C(F)(F)F)c3)sc2c1. The highest BCUT2D eigenvalue weighted by Gasteiger charge is 2.30. The number of nitrogens with one attached hydrogen (secondary N) is 1. The average Bonchev–Trinajstić information content (AvgIpc) is 2.95.